The summed E-state index contributed by atoms with van der Waals surface area (Å²) in [6, 6.07) is 8.21. The van der Waals surface area contributed by atoms with Gasteiger partial charge in [0.25, 0.3) is 0 Å². The van der Waals surface area contributed by atoms with Gasteiger partial charge in [0.05, 0.1) is 23.9 Å². The highest BCUT2D eigenvalue weighted by atomic mass is 35.5. The van der Waals surface area contributed by atoms with Crippen molar-refractivity contribution >= 4 is 23.1 Å². The Bertz CT molecular complexity index is 785. The molecule has 2 aromatic rings. The number of benzene rings is 2. The topological polar surface area (TPSA) is 29.5 Å². The van der Waals surface area contributed by atoms with Crippen LogP contribution in [-0.2, 0) is 4.74 Å². The lowest BCUT2D eigenvalue weighted by Gasteiger charge is -2.29. The first-order chi connectivity index (χ1) is 11.5. The number of ether oxygens (including phenoxy) is 1. The maximum absolute atomic E-state index is 14.5. The lowest BCUT2D eigenvalue weighted by atomic mass is 9.99. The lowest BCUT2D eigenvalue weighted by Crippen LogP contribution is -2.36. The van der Waals surface area contributed by atoms with Gasteiger partial charge in [-0.1, -0.05) is 23.7 Å². The first kappa shape index (κ1) is 16.9. The van der Waals surface area contributed by atoms with Crippen LogP contribution in [0.2, 0.25) is 5.02 Å². The molecule has 0 aromatic heterocycles. The summed E-state index contributed by atoms with van der Waals surface area (Å²) in [5, 5.41) is 0.265. The second kappa shape index (κ2) is 6.91. The Morgan fingerprint density at radius 1 is 1.12 bits per heavy atom. The summed E-state index contributed by atoms with van der Waals surface area (Å²) in [5.74, 6) is -0.705. The van der Waals surface area contributed by atoms with Gasteiger partial charge in [-0.3, -0.25) is 4.79 Å². The molecule has 1 saturated heterocycles. The average molecular weight is 348 g/mol. The van der Waals surface area contributed by atoms with E-state index in [1.54, 1.807) is 6.07 Å². The third kappa shape index (κ3) is 3.30. The molecule has 0 N–H and O–H groups in total. The van der Waals surface area contributed by atoms with Gasteiger partial charge in [-0.15, -0.1) is 0 Å². The second-order valence-corrected chi connectivity index (χ2v) is 6.42. The van der Waals surface area contributed by atoms with Crippen molar-refractivity contribution < 1.29 is 13.9 Å². The molecule has 0 spiro atoms. The van der Waals surface area contributed by atoms with Crippen molar-refractivity contribution in [1.82, 2.24) is 0 Å². The van der Waals surface area contributed by atoms with Crippen LogP contribution >= 0.6 is 11.6 Å². The van der Waals surface area contributed by atoms with E-state index in [-0.39, 0.29) is 16.4 Å². The minimum Gasteiger partial charge on any atom is -0.378 e. The Balaban J connectivity index is 1.94. The molecule has 1 aliphatic heterocycles. The Morgan fingerprint density at radius 2 is 1.83 bits per heavy atom. The zero-order valence-corrected chi connectivity index (χ0v) is 14.5. The maximum atomic E-state index is 14.5. The van der Waals surface area contributed by atoms with Crippen LogP contribution in [0.1, 0.15) is 27.0 Å². The highest BCUT2D eigenvalue weighted by molar-refractivity contribution is 6.35. The highest BCUT2D eigenvalue weighted by Crippen LogP contribution is 2.29. The van der Waals surface area contributed by atoms with Crippen LogP contribution in [0, 0.1) is 19.7 Å². The first-order valence-corrected chi connectivity index (χ1v) is 8.29. The number of morpholine rings is 1. The van der Waals surface area contributed by atoms with E-state index >= 15 is 0 Å². The molecule has 0 saturated carbocycles. The van der Waals surface area contributed by atoms with Crippen molar-refractivity contribution in [2.45, 2.75) is 13.8 Å². The number of hydrogen-bond acceptors (Lipinski definition) is 3. The third-order valence-corrected chi connectivity index (χ3v) is 4.71. The molecule has 1 aliphatic rings. The molecule has 0 unspecified atom stereocenters. The average Bonchev–Trinajstić information content (AvgIpc) is 2.59. The molecule has 2 aromatic carbocycles. The van der Waals surface area contributed by atoms with Crippen molar-refractivity contribution in [3.63, 3.8) is 0 Å². The molecule has 5 heteroatoms. The summed E-state index contributed by atoms with van der Waals surface area (Å²) in [4.78, 5) is 14.6. The number of carbonyl (C=O) groups excluding carboxylic acids is 1. The van der Waals surface area contributed by atoms with Gasteiger partial charge in [-0.25, -0.2) is 4.39 Å². The maximum Gasteiger partial charge on any atom is 0.194 e. The van der Waals surface area contributed by atoms with Crippen molar-refractivity contribution in [3.05, 3.63) is 63.4 Å². The van der Waals surface area contributed by atoms with E-state index in [2.05, 4.69) is 0 Å². The van der Waals surface area contributed by atoms with Gasteiger partial charge in [-0.2, -0.15) is 0 Å². The lowest BCUT2D eigenvalue weighted by molar-refractivity contribution is 0.103. The SMILES string of the molecule is Cc1ccc(C(=O)c2cc(F)c(N3CCOCC3)cc2Cl)cc1C. The summed E-state index contributed by atoms with van der Waals surface area (Å²) >= 11 is 6.29. The monoisotopic (exact) mass is 347 g/mol. The molecular weight excluding hydrogens is 329 g/mol. The van der Waals surface area contributed by atoms with E-state index < -0.39 is 5.82 Å². The largest absolute Gasteiger partial charge is 0.378 e. The van der Waals surface area contributed by atoms with Gasteiger partial charge in [0.15, 0.2) is 5.78 Å². The number of halogens is 2. The smallest absolute Gasteiger partial charge is 0.194 e. The molecule has 126 valence electrons. The van der Waals surface area contributed by atoms with Crippen molar-refractivity contribution in [1.29, 1.82) is 0 Å². The molecule has 1 heterocycles. The number of aryl methyl sites for hydroxylation is 2. The Morgan fingerprint density at radius 3 is 2.50 bits per heavy atom. The minimum atomic E-state index is -0.437. The summed E-state index contributed by atoms with van der Waals surface area (Å²) in [6.07, 6.45) is 0. The van der Waals surface area contributed by atoms with E-state index in [9.17, 15) is 9.18 Å². The summed E-state index contributed by atoms with van der Waals surface area (Å²) in [7, 11) is 0. The number of rotatable bonds is 3. The van der Waals surface area contributed by atoms with Crippen LogP contribution in [0.5, 0.6) is 0 Å². The molecule has 0 radical (unpaired) electrons. The van der Waals surface area contributed by atoms with Gasteiger partial charge in [-0.05, 0) is 43.2 Å². The van der Waals surface area contributed by atoms with Gasteiger partial charge in [0.1, 0.15) is 5.82 Å². The van der Waals surface area contributed by atoms with Crippen molar-refractivity contribution in [3.8, 4) is 0 Å². The van der Waals surface area contributed by atoms with Crippen molar-refractivity contribution in [2.24, 2.45) is 0 Å². The van der Waals surface area contributed by atoms with Crippen LogP contribution in [0.25, 0.3) is 0 Å². The quantitative estimate of drug-likeness (QED) is 0.781. The van der Waals surface area contributed by atoms with E-state index in [0.29, 0.717) is 37.6 Å². The number of ketones is 1. The van der Waals surface area contributed by atoms with E-state index in [1.807, 2.05) is 30.9 Å². The van der Waals surface area contributed by atoms with Gasteiger partial charge in [0.2, 0.25) is 0 Å². The van der Waals surface area contributed by atoms with Crippen LogP contribution < -0.4 is 4.90 Å². The van der Waals surface area contributed by atoms with Crippen LogP contribution in [0.15, 0.2) is 30.3 Å². The first-order valence-electron chi connectivity index (χ1n) is 7.91. The standard InChI is InChI=1S/C19H19ClFNO2/c1-12-3-4-14(9-13(12)2)19(23)15-10-17(21)18(11-16(15)20)22-5-7-24-8-6-22/h3-4,9-11H,5-8H2,1-2H3. The van der Waals surface area contributed by atoms with Gasteiger partial charge >= 0.3 is 0 Å². The van der Waals surface area contributed by atoms with Crippen LogP contribution in [0.4, 0.5) is 10.1 Å². The fourth-order valence-corrected chi connectivity index (χ4v) is 3.04. The summed E-state index contributed by atoms with van der Waals surface area (Å²) in [5.41, 5.74) is 3.24. The molecule has 0 amide bonds. The number of hydrogen-bond donors (Lipinski definition) is 0. The normalized spacial score (nSPS) is 14.8. The second-order valence-electron chi connectivity index (χ2n) is 6.01. The number of nitrogens with zero attached hydrogens (tertiary/aromatic N) is 1. The van der Waals surface area contributed by atoms with Gasteiger partial charge in [0, 0.05) is 24.2 Å². The zero-order valence-electron chi connectivity index (χ0n) is 13.7. The third-order valence-electron chi connectivity index (χ3n) is 4.40. The minimum absolute atomic E-state index is 0.189. The van der Waals surface area contributed by atoms with Crippen LogP contribution in [0.3, 0.4) is 0 Å². The number of carbonyl (C=O) groups is 1. The Kier molecular flexibility index (Phi) is 4.88. The van der Waals surface area contributed by atoms with Crippen molar-refractivity contribution in [2.75, 3.05) is 31.2 Å². The molecule has 3 rings (SSSR count). The highest BCUT2D eigenvalue weighted by Gasteiger charge is 2.21. The van der Waals surface area contributed by atoms with E-state index in [1.165, 1.54) is 12.1 Å². The Hall–Kier alpha value is -1.91. The van der Waals surface area contributed by atoms with E-state index in [4.69, 9.17) is 16.3 Å². The molecule has 0 bridgehead atoms. The predicted octanol–water partition coefficient (Wildman–Crippen LogP) is 4.16. The molecule has 3 nitrogen and oxygen atoms in total. The Labute approximate surface area is 146 Å². The summed E-state index contributed by atoms with van der Waals surface area (Å²) in [6.45, 7) is 6.25. The molecular formula is C19H19ClFNO2. The number of anilines is 1. The summed E-state index contributed by atoms with van der Waals surface area (Å²) < 4.78 is 19.8. The molecule has 0 aliphatic carbocycles. The van der Waals surface area contributed by atoms with E-state index in [0.717, 1.165) is 11.1 Å². The zero-order chi connectivity index (χ0) is 17.3. The van der Waals surface area contributed by atoms with Gasteiger partial charge < -0.3 is 9.64 Å². The molecule has 0 atom stereocenters. The molecule has 24 heavy (non-hydrogen) atoms. The molecule has 1 fully saturated rings. The predicted molar refractivity (Wildman–Crippen MR) is 93.8 cm³/mol. The fraction of sp³-hybridized carbons (Fsp3) is 0.316. The van der Waals surface area contributed by atoms with Crippen LogP contribution in [-0.4, -0.2) is 32.1 Å². The fourth-order valence-electron chi connectivity index (χ4n) is 2.80.